The van der Waals surface area contributed by atoms with Crippen molar-refractivity contribution in [3.05, 3.63) is 41.5 Å². The molecule has 0 aliphatic rings. The minimum atomic E-state index is -0.100. The van der Waals surface area contributed by atoms with Crippen LogP contribution in [0.1, 0.15) is 56.0 Å². The summed E-state index contributed by atoms with van der Waals surface area (Å²) in [6, 6.07) is 7.46. The van der Waals surface area contributed by atoms with Crippen molar-refractivity contribution in [2.75, 3.05) is 20.7 Å². The Labute approximate surface area is 157 Å². The van der Waals surface area contributed by atoms with Gasteiger partial charge in [0.25, 0.3) is 5.91 Å². The van der Waals surface area contributed by atoms with Crippen molar-refractivity contribution >= 4 is 17.9 Å². The maximum Gasteiger partial charge on any atom is 0.251 e. The molecule has 0 fully saturated rings. The minimum absolute atomic E-state index is 0.0432. The number of allylic oxidation sites excluding steroid dienone is 1. The average Bonchev–Trinajstić information content (AvgIpc) is 2.59. The van der Waals surface area contributed by atoms with Crippen molar-refractivity contribution in [2.24, 2.45) is 0 Å². The molecule has 1 aromatic rings. The van der Waals surface area contributed by atoms with E-state index in [9.17, 15) is 9.59 Å². The van der Waals surface area contributed by atoms with Crippen molar-refractivity contribution in [3.8, 4) is 0 Å². The third kappa shape index (κ3) is 8.81. The Morgan fingerprint density at radius 3 is 2.62 bits per heavy atom. The van der Waals surface area contributed by atoms with Crippen LogP contribution in [0.2, 0.25) is 0 Å². The molecular formula is C21H32N2O3. The number of hydrogen-bond acceptors (Lipinski definition) is 3. The number of nitrogens with one attached hydrogen (secondary N) is 1. The lowest BCUT2D eigenvalue weighted by molar-refractivity contribution is -0.128. The van der Waals surface area contributed by atoms with Gasteiger partial charge in [-0.25, -0.2) is 0 Å². The van der Waals surface area contributed by atoms with E-state index in [1.807, 2.05) is 51.1 Å². The van der Waals surface area contributed by atoms with Gasteiger partial charge in [-0.1, -0.05) is 24.3 Å². The molecule has 0 saturated heterocycles. The van der Waals surface area contributed by atoms with E-state index in [2.05, 4.69) is 5.32 Å². The predicted octanol–water partition coefficient (Wildman–Crippen LogP) is 3.50. The number of amides is 2. The summed E-state index contributed by atoms with van der Waals surface area (Å²) in [5.41, 5.74) is 1.61. The molecule has 0 spiro atoms. The van der Waals surface area contributed by atoms with Crippen molar-refractivity contribution in [1.29, 1.82) is 0 Å². The van der Waals surface area contributed by atoms with Gasteiger partial charge in [0.15, 0.2) is 0 Å². The maximum absolute atomic E-state index is 12.3. The van der Waals surface area contributed by atoms with E-state index in [1.54, 1.807) is 25.1 Å². The fraction of sp³-hybridized carbons (Fsp3) is 0.524. The molecule has 0 radical (unpaired) electrons. The number of unbranched alkanes of at least 4 members (excludes halogenated alkanes) is 1. The van der Waals surface area contributed by atoms with E-state index in [0.717, 1.165) is 18.4 Å². The fourth-order valence-corrected chi connectivity index (χ4v) is 2.28. The largest absolute Gasteiger partial charge is 0.377 e. The predicted molar refractivity (Wildman–Crippen MR) is 106 cm³/mol. The summed E-state index contributed by atoms with van der Waals surface area (Å²) < 4.78 is 5.52. The smallest absolute Gasteiger partial charge is 0.251 e. The fourth-order valence-electron chi connectivity index (χ4n) is 2.28. The molecule has 1 rings (SSSR count). The summed E-state index contributed by atoms with van der Waals surface area (Å²) in [5.74, 6) is 0.0457. The van der Waals surface area contributed by atoms with Crippen LogP contribution in [0.4, 0.5) is 0 Å². The second-order valence-corrected chi connectivity index (χ2v) is 6.96. The third-order valence-electron chi connectivity index (χ3n) is 3.78. The molecule has 144 valence electrons. The summed E-state index contributed by atoms with van der Waals surface area (Å²) in [6.07, 6.45) is 6.38. The van der Waals surface area contributed by atoms with Crippen LogP contribution in [0.3, 0.4) is 0 Å². The molecule has 0 aromatic heterocycles. The molecular weight excluding hydrogens is 328 g/mol. The van der Waals surface area contributed by atoms with Gasteiger partial charge in [0.2, 0.25) is 5.91 Å². The highest BCUT2D eigenvalue weighted by molar-refractivity contribution is 5.94. The van der Waals surface area contributed by atoms with Crippen LogP contribution in [0, 0.1) is 0 Å². The average molecular weight is 360 g/mol. The highest BCUT2D eigenvalue weighted by Gasteiger charge is 2.10. The van der Waals surface area contributed by atoms with Crippen LogP contribution >= 0.6 is 0 Å². The van der Waals surface area contributed by atoms with Crippen LogP contribution in [0.25, 0.3) is 6.08 Å². The molecule has 0 heterocycles. The van der Waals surface area contributed by atoms with Gasteiger partial charge in [0, 0.05) is 32.1 Å². The molecule has 1 atom stereocenters. The van der Waals surface area contributed by atoms with E-state index in [1.165, 1.54) is 0 Å². The number of rotatable bonds is 10. The minimum Gasteiger partial charge on any atom is -0.377 e. The Kier molecular flexibility index (Phi) is 9.66. The van der Waals surface area contributed by atoms with Gasteiger partial charge < -0.3 is 15.0 Å². The number of nitrogens with zero attached hydrogens (tertiary/aromatic N) is 1. The second-order valence-electron chi connectivity index (χ2n) is 6.96. The molecule has 0 saturated carbocycles. The van der Waals surface area contributed by atoms with E-state index in [-0.39, 0.29) is 24.0 Å². The van der Waals surface area contributed by atoms with Crippen molar-refractivity contribution in [2.45, 2.75) is 52.2 Å². The molecule has 26 heavy (non-hydrogen) atoms. The summed E-state index contributed by atoms with van der Waals surface area (Å²) >= 11 is 0. The zero-order valence-corrected chi connectivity index (χ0v) is 16.6. The van der Waals surface area contributed by atoms with Gasteiger partial charge in [-0.05, 0) is 51.3 Å². The van der Waals surface area contributed by atoms with E-state index in [4.69, 9.17) is 4.74 Å². The highest BCUT2D eigenvalue weighted by Crippen LogP contribution is 2.09. The summed E-state index contributed by atoms with van der Waals surface area (Å²) in [6.45, 7) is 6.37. The number of hydrogen-bond donors (Lipinski definition) is 1. The molecule has 0 aliphatic carbocycles. The molecule has 5 nitrogen and oxygen atoms in total. The van der Waals surface area contributed by atoms with Crippen LogP contribution in [-0.4, -0.2) is 49.6 Å². The summed E-state index contributed by atoms with van der Waals surface area (Å²) in [7, 11) is 3.54. The second kappa shape index (κ2) is 11.5. The number of ether oxygens (including phenoxy) is 1. The van der Waals surface area contributed by atoms with Gasteiger partial charge >= 0.3 is 0 Å². The standard InChI is InChI=1S/C21H32N2O3/c1-16(2)26-15-17(3)22-21(25)19-12-9-11-18(14-19)10-7-6-8-13-20(24)23(4)5/h7,9-12,14,16-17H,6,8,13,15H2,1-5H3,(H,22,25). The number of benzene rings is 1. The molecule has 1 aromatic carbocycles. The normalized spacial score (nSPS) is 12.4. The first-order valence-corrected chi connectivity index (χ1v) is 9.18. The Bertz CT molecular complexity index is 609. The first-order valence-electron chi connectivity index (χ1n) is 9.18. The zero-order chi connectivity index (χ0) is 19.5. The Balaban J connectivity index is 2.50. The van der Waals surface area contributed by atoms with Gasteiger partial charge in [-0.15, -0.1) is 0 Å². The van der Waals surface area contributed by atoms with Crippen LogP contribution in [0.15, 0.2) is 30.3 Å². The molecule has 1 unspecified atom stereocenters. The highest BCUT2D eigenvalue weighted by atomic mass is 16.5. The van der Waals surface area contributed by atoms with E-state index < -0.39 is 0 Å². The van der Waals surface area contributed by atoms with E-state index >= 15 is 0 Å². The van der Waals surface area contributed by atoms with Crippen LogP contribution in [0.5, 0.6) is 0 Å². The first-order chi connectivity index (χ1) is 12.3. The van der Waals surface area contributed by atoms with E-state index in [0.29, 0.717) is 18.6 Å². The lowest BCUT2D eigenvalue weighted by Gasteiger charge is -2.16. The molecule has 0 aliphatic heterocycles. The Morgan fingerprint density at radius 1 is 1.23 bits per heavy atom. The topological polar surface area (TPSA) is 58.6 Å². The molecule has 0 bridgehead atoms. The molecule has 1 N–H and O–H groups in total. The SMILES string of the molecule is CC(COC(C)C)NC(=O)c1cccc(C=CCCCC(=O)N(C)C)c1. The molecule has 2 amide bonds. The van der Waals surface area contributed by atoms with Gasteiger partial charge in [-0.3, -0.25) is 9.59 Å². The summed E-state index contributed by atoms with van der Waals surface area (Å²) in [4.78, 5) is 25.5. The van der Waals surface area contributed by atoms with Gasteiger partial charge in [-0.2, -0.15) is 0 Å². The maximum atomic E-state index is 12.3. The monoisotopic (exact) mass is 360 g/mol. The molecule has 5 heteroatoms. The van der Waals surface area contributed by atoms with Crippen LogP contribution in [-0.2, 0) is 9.53 Å². The lowest BCUT2D eigenvalue weighted by Crippen LogP contribution is -2.36. The zero-order valence-electron chi connectivity index (χ0n) is 16.6. The first kappa shape index (κ1) is 21.9. The third-order valence-corrected chi connectivity index (χ3v) is 3.78. The Morgan fingerprint density at radius 2 is 1.96 bits per heavy atom. The van der Waals surface area contributed by atoms with Crippen molar-refractivity contribution < 1.29 is 14.3 Å². The number of carbonyl (C=O) groups excluding carboxylic acids is 2. The quantitative estimate of drug-likeness (QED) is 0.650. The van der Waals surface area contributed by atoms with Gasteiger partial charge in [0.05, 0.1) is 12.7 Å². The van der Waals surface area contributed by atoms with Crippen molar-refractivity contribution in [3.63, 3.8) is 0 Å². The lowest BCUT2D eigenvalue weighted by atomic mass is 10.1. The summed E-state index contributed by atoms with van der Waals surface area (Å²) in [5, 5.41) is 2.95. The Hall–Kier alpha value is -2.14. The number of carbonyl (C=O) groups is 2. The van der Waals surface area contributed by atoms with Crippen LogP contribution < -0.4 is 5.32 Å². The van der Waals surface area contributed by atoms with Gasteiger partial charge in [0.1, 0.15) is 0 Å². The van der Waals surface area contributed by atoms with Crippen molar-refractivity contribution in [1.82, 2.24) is 10.2 Å².